The van der Waals surface area contributed by atoms with Crippen molar-refractivity contribution in [2.24, 2.45) is 0 Å². The zero-order valence-corrected chi connectivity index (χ0v) is 13.3. The molecule has 3 nitrogen and oxygen atoms in total. The highest BCUT2D eigenvalue weighted by Crippen LogP contribution is 2.33. The van der Waals surface area contributed by atoms with Gasteiger partial charge >= 0.3 is 0 Å². The third-order valence-electron chi connectivity index (χ3n) is 3.34. The number of methoxy groups -OCH3 is 2. The fourth-order valence-corrected chi connectivity index (χ4v) is 2.48. The summed E-state index contributed by atoms with van der Waals surface area (Å²) in [5, 5.41) is 3.96. The minimum atomic E-state index is 0.611. The van der Waals surface area contributed by atoms with Gasteiger partial charge in [-0.15, -0.1) is 0 Å². The van der Waals surface area contributed by atoms with Crippen LogP contribution in [0.25, 0.3) is 11.1 Å². The first-order valence-corrected chi connectivity index (χ1v) is 7.29. The Kier molecular flexibility index (Phi) is 5.48. The van der Waals surface area contributed by atoms with Gasteiger partial charge in [0.25, 0.3) is 0 Å². The van der Waals surface area contributed by atoms with Crippen molar-refractivity contribution in [1.82, 2.24) is 5.32 Å². The monoisotopic (exact) mass is 305 g/mol. The Morgan fingerprint density at radius 2 is 1.86 bits per heavy atom. The molecule has 0 saturated carbocycles. The first kappa shape index (κ1) is 15.7. The molecule has 0 aliphatic rings. The molecule has 0 aliphatic carbocycles. The second-order valence-corrected chi connectivity index (χ2v) is 5.06. The fourth-order valence-electron chi connectivity index (χ4n) is 2.22. The van der Waals surface area contributed by atoms with E-state index in [0.717, 1.165) is 30.0 Å². The number of rotatable bonds is 6. The van der Waals surface area contributed by atoms with Gasteiger partial charge in [-0.3, -0.25) is 0 Å². The Labute approximate surface area is 130 Å². The molecule has 0 bridgehead atoms. The zero-order chi connectivity index (χ0) is 15.2. The lowest BCUT2D eigenvalue weighted by molar-refractivity contribution is 0.414. The van der Waals surface area contributed by atoms with Crippen LogP contribution in [-0.4, -0.2) is 20.8 Å². The highest BCUT2D eigenvalue weighted by molar-refractivity contribution is 6.32. The van der Waals surface area contributed by atoms with Crippen molar-refractivity contribution in [3.8, 4) is 22.6 Å². The van der Waals surface area contributed by atoms with Gasteiger partial charge in [0.2, 0.25) is 0 Å². The van der Waals surface area contributed by atoms with Crippen LogP contribution in [0.1, 0.15) is 12.5 Å². The summed E-state index contributed by atoms with van der Waals surface area (Å²) in [5.74, 6) is 1.54. The number of benzene rings is 2. The first-order chi connectivity index (χ1) is 10.2. The lowest BCUT2D eigenvalue weighted by Gasteiger charge is -2.13. The number of hydrogen-bond acceptors (Lipinski definition) is 3. The van der Waals surface area contributed by atoms with Crippen LogP contribution in [-0.2, 0) is 6.54 Å². The van der Waals surface area contributed by atoms with E-state index < -0.39 is 0 Å². The molecule has 0 aliphatic heterocycles. The van der Waals surface area contributed by atoms with Gasteiger partial charge < -0.3 is 14.8 Å². The molecular formula is C17H20ClNO2. The van der Waals surface area contributed by atoms with E-state index in [-0.39, 0.29) is 0 Å². The van der Waals surface area contributed by atoms with E-state index in [2.05, 4.69) is 24.4 Å². The summed E-state index contributed by atoms with van der Waals surface area (Å²) >= 11 is 6.23. The normalized spacial score (nSPS) is 10.5. The van der Waals surface area contributed by atoms with Gasteiger partial charge in [0, 0.05) is 6.54 Å². The Morgan fingerprint density at radius 3 is 2.48 bits per heavy atom. The maximum absolute atomic E-state index is 6.23. The average molecular weight is 306 g/mol. The molecule has 0 amide bonds. The molecule has 1 N–H and O–H groups in total. The summed E-state index contributed by atoms with van der Waals surface area (Å²) in [6.07, 6.45) is 0. The molecular weight excluding hydrogens is 286 g/mol. The largest absolute Gasteiger partial charge is 0.497 e. The Bertz CT molecular complexity index is 614. The topological polar surface area (TPSA) is 30.5 Å². The van der Waals surface area contributed by atoms with Gasteiger partial charge in [-0.1, -0.05) is 30.7 Å². The molecule has 0 spiro atoms. The molecule has 0 atom stereocenters. The Morgan fingerprint density at radius 1 is 1.05 bits per heavy atom. The Balaban J connectivity index is 2.43. The van der Waals surface area contributed by atoms with Crippen LogP contribution in [0.2, 0.25) is 5.02 Å². The minimum Gasteiger partial charge on any atom is -0.497 e. The van der Waals surface area contributed by atoms with Crippen LogP contribution in [0.3, 0.4) is 0 Å². The van der Waals surface area contributed by atoms with E-state index in [1.54, 1.807) is 14.2 Å². The van der Waals surface area contributed by atoms with Gasteiger partial charge in [0.1, 0.15) is 11.5 Å². The van der Waals surface area contributed by atoms with Crippen molar-refractivity contribution < 1.29 is 9.47 Å². The lowest BCUT2D eigenvalue weighted by Crippen LogP contribution is -2.12. The maximum atomic E-state index is 6.23. The van der Waals surface area contributed by atoms with E-state index in [1.165, 1.54) is 5.56 Å². The molecule has 0 saturated heterocycles. The van der Waals surface area contributed by atoms with Gasteiger partial charge in [0.05, 0.1) is 19.2 Å². The molecule has 0 fully saturated rings. The predicted molar refractivity (Wildman–Crippen MR) is 87.4 cm³/mol. The molecule has 0 unspecified atom stereocenters. The second kappa shape index (κ2) is 7.34. The molecule has 21 heavy (non-hydrogen) atoms. The summed E-state index contributed by atoms with van der Waals surface area (Å²) in [7, 11) is 3.29. The van der Waals surface area contributed by atoms with Crippen molar-refractivity contribution in [1.29, 1.82) is 0 Å². The van der Waals surface area contributed by atoms with E-state index >= 15 is 0 Å². The molecule has 2 rings (SSSR count). The highest BCUT2D eigenvalue weighted by atomic mass is 35.5. The number of halogens is 1. The molecule has 2 aromatic carbocycles. The summed E-state index contributed by atoms with van der Waals surface area (Å²) in [6.45, 7) is 3.79. The highest BCUT2D eigenvalue weighted by Gasteiger charge is 2.09. The summed E-state index contributed by atoms with van der Waals surface area (Å²) in [4.78, 5) is 0. The van der Waals surface area contributed by atoms with Gasteiger partial charge in [-0.2, -0.15) is 0 Å². The van der Waals surface area contributed by atoms with Crippen molar-refractivity contribution in [3.63, 3.8) is 0 Å². The average Bonchev–Trinajstić information content (AvgIpc) is 2.52. The van der Waals surface area contributed by atoms with E-state index in [9.17, 15) is 0 Å². The summed E-state index contributed by atoms with van der Waals surface area (Å²) in [6, 6.07) is 11.9. The van der Waals surface area contributed by atoms with Crippen LogP contribution in [0.5, 0.6) is 11.5 Å². The van der Waals surface area contributed by atoms with Crippen molar-refractivity contribution in [3.05, 3.63) is 47.0 Å². The van der Waals surface area contributed by atoms with Crippen LogP contribution in [0.15, 0.2) is 36.4 Å². The molecule has 112 valence electrons. The molecule has 0 heterocycles. The van der Waals surface area contributed by atoms with Gasteiger partial charge in [-0.25, -0.2) is 0 Å². The zero-order valence-electron chi connectivity index (χ0n) is 12.6. The third kappa shape index (κ3) is 3.69. The predicted octanol–water partition coefficient (Wildman–Crippen LogP) is 4.13. The maximum Gasteiger partial charge on any atom is 0.137 e. The first-order valence-electron chi connectivity index (χ1n) is 6.91. The molecule has 0 aromatic heterocycles. The lowest BCUT2D eigenvalue weighted by atomic mass is 9.99. The molecule has 0 radical (unpaired) electrons. The van der Waals surface area contributed by atoms with Crippen molar-refractivity contribution in [2.75, 3.05) is 20.8 Å². The number of hydrogen-bond donors (Lipinski definition) is 1. The van der Waals surface area contributed by atoms with Crippen molar-refractivity contribution >= 4 is 11.6 Å². The standard InChI is InChI=1S/C17H20ClNO2/c1-4-19-11-13-9-14(20-2)6-7-15(13)12-5-8-17(21-3)16(18)10-12/h5-10,19H,4,11H2,1-3H3. The summed E-state index contributed by atoms with van der Waals surface area (Å²) < 4.78 is 10.5. The van der Waals surface area contributed by atoms with Crippen LogP contribution in [0, 0.1) is 0 Å². The smallest absolute Gasteiger partial charge is 0.137 e. The summed E-state index contributed by atoms with van der Waals surface area (Å²) in [5.41, 5.74) is 3.38. The fraction of sp³-hybridized carbons (Fsp3) is 0.294. The van der Waals surface area contributed by atoms with E-state index in [0.29, 0.717) is 10.8 Å². The van der Waals surface area contributed by atoms with Gasteiger partial charge in [-0.05, 0) is 47.5 Å². The van der Waals surface area contributed by atoms with E-state index in [1.807, 2.05) is 24.3 Å². The second-order valence-electron chi connectivity index (χ2n) is 4.65. The van der Waals surface area contributed by atoms with Crippen molar-refractivity contribution in [2.45, 2.75) is 13.5 Å². The van der Waals surface area contributed by atoms with Crippen LogP contribution in [0.4, 0.5) is 0 Å². The SMILES string of the molecule is CCNCc1cc(OC)ccc1-c1ccc(OC)c(Cl)c1. The quantitative estimate of drug-likeness (QED) is 0.870. The van der Waals surface area contributed by atoms with Crippen LogP contribution < -0.4 is 14.8 Å². The van der Waals surface area contributed by atoms with Gasteiger partial charge in [0.15, 0.2) is 0 Å². The third-order valence-corrected chi connectivity index (χ3v) is 3.64. The Hall–Kier alpha value is -1.71. The minimum absolute atomic E-state index is 0.611. The van der Waals surface area contributed by atoms with Crippen LogP contribution >= 0.6 is 11.6 Å². The molecule has 4 heteroatoms. The molecule has 2 aromatic rings. The number of nitrogens with one attached hydrogen (secondary N) is 1. The number of ether oxygens (including phenoxy) is 2. The van der Waals surface area contributed by atoms with E-state index in [4.69, 9.17) is 21.1 Å².